The van der Waals surface area contributed by atoms with E-state index in [9.17, 15) is 9.59 Å². The second-order valence-corrected chi connectivity index (χ2v) is 8.43. The number of benzene rings is 2. The predicted octanol–water partition coefficient (Wildman–Crippen LogP) is 3.94. The fourth-order valence-electron chi connectivity index (χ4n) is 3.46. The lowest BCUT2D eigenvalue weighted by Crippen LogP contribution is -2.35. The van der Waals surface area contributed by atoms with Gasteiger partial charge in [-0.05, 0) is 48.9 Å². The molecule has 2 amide bonds. The number of nitrogens with zero attached hydrogens (tertiary/aromatic N) is 3. The molecule has 0 bridgehead atoms. The van der Waals surface area contributed by atoms with Crippen molar-refractivity contribution in [3.63, 3.8) is 0 Å². The lowest BCUT2D eigenvalue weighted by Gasteiger charge is -2.15. The highest BCUT2D eigenvalue weighted by Gasteiger charge is 2.16. The number of rotatable bonds is 6. The van der Waals surface area contributed by atoms with Gasteiger partial charge in [0, 0.05) is 31.9 Å². The van der Waals surface area contributed by atoms with Crippen molar-refractivity contribution in [2.45, 2.75) is 13.5 Å². The van der Waals surface area contributed by atoms with Gasteiger partial charge in [-0.3, -0.25) is 14.6 Å². The van der Waals surface area contributed by atoms with Crippen LogP contribution < -0.4 is 16.0 Å². The van der Waals surface area contributed by atoms with Gasteiger partial charge >= 0.3 is 0 Å². The standard InChI is InChI=1S/C25H25ClN6O2/c1-16-3-9-21(20(13-16)24(34)31-22-10-8-19(26)15-28-22)30-23(33)18-6-4-17(5-7-18)14-29-25-27-11-12-32(25)2/h3-10,13,15H,11-12,14H2,1-2H3,(H,27,29)(H,30,33)(H,28,31,34). The molecule has 3 N–H and O–H groups in total. The lowest BCUT2D eigenvalue weighted by atomic mass is 10.1. The van der Waals surface area contributed by atoms with Gasteiger partial charge in [-0.15, -0.1) is 0 Å². The molecule has 4 rings (SSSR count). The molecule has 0 saturated carbocycles. The van der Waals surface area contributed by atoms with E-state index in [4.69, 9.17) is 11.6 Å². The van der Waals surface area contributed by atoms with Crippen LogP contribution in [0.2, 0.25) is 5.02 Å². The molecule has 174 valence electrons. The van der Waals surface area contributed by atoms with Crippen molar-refractivity contribution in [3.05, 3.63) is 88.1 Å². The van der Waals surface area contributed by atoms with Crippen molar-refractivity contribution < 1.29 is 9.59 Å². The van der Waals surface area contributed by atoms with Crippen LogP contribution in [0.25, 0.3) is 0 Å². The number of anilines is 2. The molecule has 0 spiro atoms. The molecule has 2 aromatic carbocycles. The summed E-state index contributed by atoms with van der Waals surface area (Å²) in [6.07, 6.45) is 1.45. The van der Waals surface area contributed by atoms with E-state index in [1.165, 1.54) is 6.20 Å². The Balaban J connectivity index is 1.43. The summed E-state index contributed by atoms with van der Waals surface area (Å²) in [5.41, 5.74) is 3.17. The number of amides is 2. The smallest absolute Gasteiger partial charge is 0.258 e. The van der Waals surface area contributed by atoms with E-state index in [-0.39, 0.29) is 11.8 Å². The van der Waals surface area contributed by atoms with Gasteiger partial charge in [0.2, 0.25) is 0 Å². The van der Waals surface area contributed by atoms with Crippen LogP contribution in [0.15, 0.2) is 65.8 Å². The maximum atomic E-state index is 12.9. The Hall–Kier alpha value is -3.91. The summed E-state index contributed by atoms with van der Waals surface area (Å²) < 4.78 is 0. The number of carbonyl (C=O) groups excluding carboxylic acids is 2. The molecule has 0 radical (unpaired) electrons. The third-order valence-electron chi connectivity index (χ3n) is 5.36. The van der Waals surface area contributed by atoms with Crippen molar-refractivity contribution in [1.29, 1.82) is 0 Å². The molecule has 1 aromatic heterocycles. The Kier molecular flexibility index (Phi) is 7.08. The molecular weight excluding hydrogens is 452 g/mol. The molecule has 3 aromatic rings. The molecule has 0 unspecified atom stereocenters. The number of aromatic nitrogens is 1. The molecule has 0 aliphatic carbocycles. The third kappa shape index (κ3) is 5.71. The average molecular weight is 477 g/mol. The molecule has 0 fully saturated rings. The van der Waals surface area contributed by atoms with Crippen molar-refractivity contribution in [3.8, 4) is 0 Å². The molecule has 9 heteroatoms. The number of guanidine groups is 1. The predicted molar refractivity (Wildman–Crippen MR) is 135 cm³/mol. The van der Waals surface area contributed by atoms with E-state index in [2.05, 4.69) is 30.8 Å². The lowest BCUT2D eigenvalue weighted by molar-refractivity contribution is 0.102. The fraction of sp³-hybridized carbons (Fsp3) is 0.200. The number of aliphatic imine (C=N–C) groups is 1. The minimum Gasteiger partial charge on any atom is -0.352 e. The SMILES string of the molecule is Cc1ccc(NC(=O)c2ccc(CNC3=NCCN3C)cc2)c(C(=O)Nc2ccc(Cl)cn2)c1. The molecule has 0 atom stereocenters. The molecule has 1 aliphatic heterocycles. The van der Waals surface area contributed by atoms with Crippen LogP contribution in [0.4, 0.5) is 11.5 Å². The molecule has 2 heterocycles. The van der Waals surface area contributed by atoms with Crippen LogP contribution in [0.3, 0.4) is 0 Å². The summed E-state index contributed by atoms with van der Waals surface area (Å²) in [5.74, 6) is 0.560. The summed E-state index contributed by atoms with van der Waals surface area (Å²) in [5, 5.41) is 9.36. The summed E-state index contributed by atoms with van der Waals surface area (Å²) in [4.78, 5) is 36.3. The van der Waals surface area contributed by atoms with Gasteiger partial charge < -0.3 is 20.9 Å². The highest BCUT2D eigenvalue weighted by Crippen LogP contribution is 2.21. The molecule has 1 aliphatic rings. The minimum atomic E-state index is -0.380. The van der Waals surface area contributed by atoms with Crippen LogP contribution in [0.1, 0.15) is 31.8 Å². The number of pyridine rings is 1. The Bertz CT molecular complexity index is 1230. The maximum absolute atomic E-state index is 12.9. The van der Waals surface area contributed by atoms with Crippen molar-refractivity contribution in [1.82, 2.24) is 15.2 Å². The largest absolute Gasteiger partial charge is 0.352 e. The van der Waals surface area contributed by atoms with Gasteiger partial charge in [-0.25, -0.2) is 4.98 Å². The van der Waals surface area contributed by atoms with Crippen molar-refractivity contribution in [2.75, 3.05) is 30.8 Å². The highest BCUT2D eigenvalue weighted by atomic mass is 35.5. The highest BCUT2D eigenvalue weighted by molar-refractivity contribution is 6.30. The van der Waals surface area contributed by atoms with Crippen LogP contribution >= 0.6 is 11.6 Å². The molecule has 0 saturated heterocycles. The number of hydrogen-bond acceptors (Lipinski definition) is 6. The summed E-state index contributed by atoms with van der Waals surface area (Å²) in [6, 6.07) is 15.8. The van der Waals surface area contributed by atoms with E-state index < -0.39 is 0 Å². The van der Waals surface area contributed by atoms with E-state index in [1.54, 1.807) is 36.4 Å². The normalized spacial score (nSPS) is 12.8. The zero-order chi connectivity index (χ0) is 24.1. The summed E-state index contributed by atoms with van der Waals surface area (Å²) in [6.45, 7) is 4.21. The third-order valence-corrected chi connectivity index (χ3v) is 5.59. The second kappa shape index (κ2) is 10.4. The summed E-state index contributed by atoms with van der Waals surface area (Å²) in [7, 11) is 2.00. The number of nitrogens with one attached hydrogen (secondary N) is 3. The van der Waals surface area contributed by atoms with Crippen molar-refractivity contribution in [2.24, 2.45) is 4.99 Å². The zero-order valence-electron chi connectivity index (χ0n) is 18.9. The van der Waals surface area contributed by atoms with Crippen LogP contribution in [0.5, 0.6) is 0 Å². The average Bonchev–Trinajstić information content (AvgIpc) is 3.25. The van der Waals surface area contributed by atoms with Gasteiger partial charge in [0.25, 0.3) is 11.8 Å². The Labute approximate surface area is 203 Å². The first-order valence-electron chi connectivity index (χ1n) is 10.8. The van der Waals surface area contributed by atoms with E-state index in [1.807, 2.05) is 32.2 Å². The van der Waals surface area contributed by atoms with E-state index in [0.717, 1.165) is 30.2 Å². The Morgan fingerprint density at radius 3 is 2.50 bits per heavy atom. The minimum absolute atomic E-state index is 0.304. The Morgan fingerprint density at radius 2 is 1.82 bits per heavy atom. The quantitative estimate of drug-likeness (QED) is 0.500. The molecular formula is C25H25ClN6O2. The zero-order valence-corrected chi connectivity index (χ0v) is 19.7. The second-order valence-electron chi connectivity index (χ2n) is 8.00. The monoisotopic (exact) mass is 476 g/mol. The van der Waals surface area contributed by atoms with Crippen LogP contribution in [-0.2, 0) is 6.54 Å². The van der Waals surface area contributed by atoms with Gasteiger partial charge in [0.15, 0.2) is 5.96 Å². The first-order valence-corrected chi connectivity index (χ1v) is 11.2. The number of aryl methyl sites for hydroxylation is 1. The van der Waals surface area contributed by atoms with Crippen LogP contribution in [0, 0.1) is 6.92 Å². The molecule has 8 nitrogen and oxygen atoms in total. The van der Waals surface area contributed by atoms with Crippen LogP contribution in [-0.4, -0.2) is 47.8 Å². The van der Waals surface area contributed by atoms with E-state index in [0.29, 0.717) is 34.2 Å². The number of carbonyl (C=O) groups is 2. The van der Waals surface area contributed by atoms with Gasteiger partial charge in [0.1, 0.15) is 5.82 Å². The first-order chi connectivity index (χ1) is 16.4. The number of halogens is 1. The first kappa shape index (κ1) is 23.3. The number of hydrogen-bond donors (Lipinski definition) is 3. The summed E-state index contributed by atoms with van der Waals surface area (Å²) >= 11 is 5.86. The van der Waals surface area contributed by atoms with Crippen molar-refractivity contribution >= 4 is 40.9 Å². The van der Waals surface area contributed by atoms with Gasteiger partial charge in [-0.1, -0.05) is 35.4 Å². The van der Waals surface area contributed by atoms with Gasteiger partial charge in [-0.2, -0.15) is 0 Å². The molecule has 34 heavy (non-hydrogen) atoms. The maximum Gasteiger partial charge on any atom is 0.258 e. The van der Waals surface area contributed by atoms with Gasteiger partial charge in [0.05, 0.1) is 22.8 Å². The fourth-order valence-corrected chi connectivity index (χ4v) is 3.57. The van der Waals surface area contributed by atoms with E-state index >= 15 is 0 Å². The number of likely N-dealkylation sites (N-methyl/N-ethyl adjacent to an activating group) is 1. The Morgan fingerprint density at radius 1 is 1.03 bits per heavy atom. The topological polar surface area (TPSA) is 98.7 Å².